The Hall–Kier alpha value is -1.57. The molecule has 2 heteroatoms. The maximum absolute atomic E-state index is 8.51. The highest BCUT2D eigenvalue weighted by Gasteiger charge is 1.99. The second-order valence-electron chi connectivity index (χ2n) is 2.95. The van der Waals surface area contributed by atoms with Crippen LogP contribution in [0.2, 0.25) is 0 Å². The molecule has 0 aliphatic rings. The molecule has 0 radical (unpaired) electrons. The van der Waals surface area contributed by atoms with Crippen LogP contribution < -0.4 is 0 Å². The zero-order chi connectivity index (χ0) is 9.68. The lowest BCUT2D eigenvalue weighted by Gasteiger charge is -2.02. The molecule has 0 spiro atoms. The molecule has 0 saturated carbocycles. The molecule has 0 amide bonds. The number of allylic oxidation sites excluding steroid dienone is 1. The summed E-state index contributed by atoms with van der Waals surface area (Å²) in [7, 11) is 0. The van der Waals surface area contributed by atoms with E-state index in [0.29, 0.717) is 5.71 Å². The fourth-order valence-electron chi connectivity index (χ4n) is 1.04. The van der Waals surface area contributed by atoms with Crippen LogP contribution in [0.4, 0.5) is 0 Å². The van der Waals surface area contributed by atoms with Crippen LogP contribution in [0.15, 0.2) is 47.6 Å². The van der Waals surface area contributed by atoms with E-state index in [4.69, 9.17) is 5.21 Å². The first-order valence-electron chi connectivity index (χ1n) is 4.14. The highest BCUT2D eigenvalue weighted by Crippen LogP contribution is 2.07. The molecule has 1 aromatic carbocycles. The first kappa shape index (κ1) is 9.52. The lowest BCUT2D eigenvalue weighted by Crippen LogP contribution is -1.99. The average molecular weight is 175 g/mol. The van der Waals surface area contributed by atoms with E-state index >= 15 is 0 Å². The molecule has 0 unspecified atom stereocenters. The van der Waals surface area contributed by atoms with Gasteiger partial charge in [0.15, 0.2) is 0 Å². The summed E-state index contributed by atoms with van der Waals surface area (Å²) in [6.45, 7) is 5.57. The van der Waals surface area contributed by atoms with E-state index in [1.165, 1.54) is 5.56 Å². The smallest absolute Gasteiger partial charge is 0.0794 e. The predicted molar refractivity (Wildman–Crippen MR) is 54.2 cm³/mol. The Labute approximate surface area is 78.2 Å². The van der Waals surface area contributed by atoms with Crippen LogP contribution in [0.1, 0.15) is 12.5 Å². The van der Waals surface area contributed by atoms with E-state index in [0.717, 1.165) is 12.0 Å². The minimum absolute atomic E-state index is 0.587. The molecule has 1 aromatic rings. The van der Waals surface area contributed by atoms with E-state index in [2.05, 4.69) is 11.7 Å². The van der Waals surface area contributed by atoms with Gasteiger partial charge in [-0.3, -0.25) is 0 Å². The van der Waals surface area contributed by atoms with Gasteiger partial charge in [-0.25, -0.2) is 0 Å². The predicted octanol–water partition coefficient (Wildman–Crippen LogP) is 2.64. The summed E-state index contributed by atoms with van der Waals surface area (Å²) < 4.78 is 0. The Bertz CT molecular complexity index is 314. The van der Waals surface area contributed by atoms with Crippen molar-refractivity contribution in [3.63, 3.8) is 0 Å². The maximum atomic E-state index is 8.51. The van der Waals surface area contributed by atoms with Crippen molar-refractivity contribution in [1.82, 2.24) is 0 Å². The van der Waals surface area contributed by atoms with Gasteiger partial charge in [-0.15, -0.1) is 0 Å². The van der Waals surface area contributed by atoms with E-state index in [-0.39, 0.29) is 0 Å². The summed E-state index contributed by atoms with van der Waals surface area (Å²) in [5.74, 6) is 0. The van der Waals surface area contributed by atoms with Gasteiger partial charge >= 0.3 is 0 Å². The first-order chi connectivity index (χ1) is 6.24. The Morgan fingerprint density at radius 3 is 2.54 bits per heavy atom. The van der Waals surface area contributed by atoms with Crippen molar-refractivity contribution in [3.8, 4) is 0 Å². The van der Waals surface area contributed by atoms with E-state index < -0.39 is 0 Å². The van der Waals surface area contributed by atoms with Gasteiger partial charge < -0.3 is 5.21 Å². The summed E-state index contributed by atoms with van der Waals surface area (Å²) in [6, 6.07) is 9.98. The van der Waals surface area contributed by atoms with Gasteiger partial charge in [-0.2, -0.15) is 0 Å². The Balaban J connectivity index is 2.66. The lowest BCUT2D eigenvalue weighted by atomic mass is 10.0. The molecule has 1 N–H and O–H groups in total. The number of nitrogens with zero attached hydrogens (tertiary/aromatic N) is 1. The van der Waals surface area contributed by atoms with Crippen molar-refractivity contribution in [1.29, 1.82) is 0 Å². The van der Waals surface area contributed by atoms with Crippen molar-refractivity contribution in [2.45, 2.75) is 13.3 Å². The second kappa shape index (κ2) is 4.45. The van der Waals surface area contributed by atoms with Gasteiger partial charge in [0.25, 0.3) is 0 Å². The summed E-state index contributed by atoms with van der Waals surface area (Å²) >= 11 is 0. The fourth-order valence-corrected chi connectivity index (χ4v) is 1.04. The molecule has 13 heavy (non-hydrogen) atoms. The van der Waals surface area contributed by atoms with Gasteiger partial charge in [0.1, 0.15) is 0 Å². The zero-order valence-corrected chi connectivity index (χ0v) is 7.70. The Morgan fingerprint density at radius 2 is 2.00 bits per heavy atom. The highest BCUT2D eigenvalue weighted by molar-refractivity contribution is 5.97. The number of hydrogen-bond donors (Lipinski definition) is 1. The molecule has 0 atom stereocenters. The van der Waals surface area contributed by atoms with Crippen molar-refractivity contribution >= 4 is 5.71 Å². The molecule has 0 saturated heterocycles. The van der Waals surface area contributed by atoms with Crippen LogP contribution >= 0.6 is 0 Å². The summed E-state index contributed by atoms with van der Waals surface area (Å²) in [6.07, 6.45) is 0.733. The minimum atomic E-state index is 0.587. The fraction of sp³-hybridized carbons (Fsp3) is 0.182. The third-order valence-corrected chi connectivity index (χ3v) is 1.92. The Kier molecular flexibility index (Phi) is 3.26. The molecular formula is C11H13NO. The van der Waals surface area contributed by atoms with Crippen molar-refractivity contribution in [3.05, 3.63) is 48.0 Å². The first-order valence-corrected chi connectivity index (χ1v) is 4.14. The third kappa shape index (κ3) is 2.75. The van der Waals surface area contributed by atoms with Crippen molar-refractivity contribution in [2.24, 2.45) is 5.16 Å². The van der Waals surface area contributed by atoms with Gasteiger partial charge in [-0.05, 0) is 24.5 Å². The standard InChI is InChI=1S/C11H13NO/c1-9(10(2)12-13)8-11-6-4-3-5-7-11/h3-7,13H,1,8H2,2H3/b12-10+. The highest BCUT2D eigenvalue weighted by atomic mass is 16.4. The summed E-state index contributed by atoms with van der Waals surface area (Å²) in [5, 5.41) is 11.6. The molecular weight excluding hydrogens is 162 g/mol. The van der Waals surface area contributed by atoms with Crippen LogP contribution in [0.5, 0.6) is 0 Å². The van der Waals surface area contributed by atoms with Crippen LogP contribution in [-0.2, 0) is 6.42 Å². The molecule has 0 bridgehead atoms. The largest absolute Gasteiger partial charge is 0.411 e. The van der Waals surface area contributed by atoms with Gasteiger partial charge in [0, 0.05) is 0 Å². The van der Waals surface area contributed by atoms with Crippen LogP contribution in [0.25, 0.3) is 0 Å². The number of oxime groups is 1. The SMILES string of the molecule is C=C(Cc1ccccc1)/C(C)=N/O. The van der Waals surface area contributed by atoms with Crippen LogP contribution in [0.3, 0.4) is 0 Å². The number of hydrogen-bond acceptors (Lipinski definition) is 2. The van der Waals surface area contributed by atoms with Crippen LogP contribution in [0, 0.1) is 0 Å². The monoisotopic (exact) mass is 175 g/mol. The molecule has 0 heterocycles. The molecule has 0 aliphatic heterocycles. The normalized spacial score (nSPS) is 11.3. The molecule has 2 nitrogen and oxygen atoms in total. The van der Waals surface area contributed by atoms with Crippen LogP contribution in [-0.4, -0.2) is 10.9 Å². The molecule has 68 valence electrons. The van der Waals surface area contributed by atoms with Gasteiger partial charge in [0.2, 0.25) is 0 Å². The third-order valence-electron chi connectivity index (χ3n) is 1.92. The van der Waals surface area contributed by atoms with Crippen molar-refractivity contribution in [2.75, 3.05) is 0 Å². The van der Waals surface area contributed by atoms with E-state index in [1.54, 1.807) is 6.92 Å². The maximum Gasteiger partial charge on any atom is 0.0794 e. The lowest BCUT2D eigenvalue weighted by molar-refractivity contribution is 0.319. The topological polar surface area (TPSA) is 32.6 Å². The number of benzene rings is 1. The van der Waals surface area contributed by atoms with Gasteiger partial charge in [0.05, 0.1) is 5.71 Å². The molecule has 0 aromatic heterocycles. The molecule has 1 rings (SSSR count). The number of rotatable bonds is 3. The minimum Gasteiger partial charge on any atom is -0.411 e. The summed E-state index contributed by atoms with van der Waals surface area (Å²) in [4.78, 5) is 0. The van der Waals surface area contributed by atoms with E-state index in [1.807, 2.05) is 30.3 Å². The van der Waals surface area contributed by atoms with Gasteiger partial charge in [-0.1, -0.05) is 42.1 Å². The second-order valence-corrected chi connectivity index (χ2v) is 2.95. The van der Waals surface area contributed by atoms with E-state index in [9.17, 15) is 0 Å². The Morgan fingerprint density at radius 1 is 1.38 bits per heavy atom. The zero-order valence-electron chi connectivity index (χ0n) is 7.70. The van der Waals surface area contributed by atoms with Crippen molar-refractivity contribution < 1.29 is 5.21 Å². The summed E-state index contributed by atoms with van der Waals surface area (Å²) in [5.41, 5.74) is 2.60. The average Bonchev–Trinajstić information content (AvgIpc) is 2.18. The quantitative estimate of drug-likeness (QED) is 0.427. The molecule has 0 fully saturated rings. The molecule has 0 aliphatic carbocycles.